The molecule has 172 valence electrons. The lowest BCUT2D eigenvalue weighted by Gasteiger charge is -2.31. The molecule has 9 heteroatoms. The fraction of sp³-hybridized carbons (Fsp3) is 0.417. The molecule has 1 aromatic carbocycles. The van der Waals surface area contributed by atoms with E-state index >= 15 is 0 Å². The molecule has 0 atom stereocenters. The van der Waals surface area contributed by atoms with Gasteiger partial charge in [0.15, 0.2) is 17.0 Å². The molecule has 1 saturated heterocycles. The first-order valence-corrected chi connectivity index (χ1v) is 11.6. The second-order valence-electron chi connectivity index (χ2n) is 8.84. The average molecular weight is 447 g/mol. The summed E-state index contributed by atoms with van der Waals surface area (Å²) in [6, 6.07) is 10.4. The summed E-state index contributed by atoms with van der Waals surface area (Å²) >= 11 is 0. The average Bonchev–Trinajstić information content (AvgIpc) is 3.53. The second kappa shape index (κ2) is 9.19. The van der Waals surface area contributed by atoms with E-state index in [2.05, 4.69) is 50.8 Å². The molecule has 5 rings (SSSR count). The van der Waals surface area contributed by atoms with Gasteiger partial charge in [0.25, 0.3) is 0 Å². The van der Waals surface area contributed by atoms with E-state index in [0.29, 0.717) is 18.4 Å². The normalized spacial score (nSPS) is 15.0. The van der Waals surface area contributed by atoms with Crippen molar-refractivity contribution < 1.29 is 5.11 Å². The molecular weight excluding hydrogens is 416 g/mol. The highest BCUT2D eigenvalue weighted by molar-refractivity contribution is 5.84. The van der Waals surface area contributed by atoms with Crippen molar-refractivity contribution in [2.75, 3.05) is 29.9 Å². The van der Waals surface area contributed by atoms with E-state index in [1.165, 1.54) is 0 Å². The number of para-hydroxylation sites is 1. The van der Waals surface area contributed by atoms with Gasteiger partial charge in [0.05, 0.1) is 12.0 Å². The Morgan fingerprint density at radius 1 is 1.12 bits per heavy atom. The molecule has 1 aliphatic rings. The van der Waals surface area contributed by atoms with E-state index in [1.54, 1.807) is 6.20 Å². The Hall–Kier alpha value is -3.46. The van der Waals surface area contributed by atoms with E-state index in [4.69, 9.17) is 9.97 Å². The minimum Gasteiger partial charge on any atom is -0.396 e. The van der Waals surface area contributed by atoms with Gasteiger partial charge in [0, 0.05) is 44.7 Å². The van der Waals surface area contributed by atoms with Gasteiger partial charge in [-0.25, -0.2) is 9.67 Å². The Morgan fingerprint density at radius 2 is 1.94 bits per heavy atom. The lowest BCUT2D eigenvalue weighted by molar-refractivity contribution is 0.202. The fourth-order valence-electron chi connectivity index (χ4n) is 4.34. The molecule has 1 fully saturated rings. The number of piperidine rings is 1. The first-order valence-electron chi connectivity index (χ1n) is 11.6. The SMILES string of the molecule is CC(C)n1cnc2c(NCc3ccccc3-n3cccn3)nc(N3CCC(CO)CC3)nc21. The summed E-state index contributed by atoms with van der Waals surface area (Å²) in [5, 5.41) is 17.4. The van der Waals surface area contributed by atoms with Gasteiger partial charge in [-0.2, -0.15) is 15.1 Å². The molecular formula is C24H30N8O. The van der Waals surface area contributed by atoms with Gasteiger partial charge in [-0.1, -0.05) is 18.2 Å². The van der Waals surface area contributed by atoms with Gasteiger partial charge in [0.2, 0.25) is 5.95 Å². The number of aliphatic hydroxyl groups is 1. The van der Waals surface area contributed by atoms with Crippen molar-refractivity contribution in [3.63, 3.8) is 0 Å². The molecule has 0 unspecified atom stereocenters. The summed E-state index contributed by atoms with van der Waals surface area (Å²) in [6.45, 7) is 6.77. The Balaban J connectivity index is 1.48. The summed E-state index contributed by atoms with van der Waals surface area (Å²) in [5.74, 6) is 1.81. The second-order valence-corrected chi connectivity index (χ2v) is 8.84. The van der Waals surface area contributed by atoms with E-state index in [0.717, 1.165) is 54.2 Å². The van der Waals surface area contributed by atoms with Crippen molar-refractivity contribution in [1.82, 2.24) is 29.3 Å². The molecule has 0 radical (unpaired) electrons. The summed E-state index contributed by atoms with van der Waals surface area (Å²) in [5.41, 5.74) is 3.75. The monoisotopic (exact) mass is 446 g/mol. The molecule has 0 aliphatic carbocycles. The first kappa shape index (κ1) is 21.4. The maximum atomic E-state index is 9.49. The van der Waals surface area contributed by atoms with E-state index < -0.39 is 0 Å². The number of hydrogen-bond acceptors (Lipinski definition) is 7. The first-order chi connectivity index (χ1) is 16.1. The molecule has 3 aromatic heterocycles. The Labute approximate surface area is 193 Å². The third-order valence-corrected chi connectivity index (χ3v) is 6.31. The van der Waals surface area contributed by atoms with Crippen LogP contribution in [-0.2, 0) is 6.54 Å². The van der Waals surface area contributed by atoms with Crippen molar-refractivity contribution in [1.29, 1.82) is 0 Å². The molecule has 0 bridgehead atoms. The highest BCUT2D eigenvalue weighted by atomic mass is 16.3. The van der Waals surface area contributed by atoms with Crippen molar-refractivity contribution in [3.05, 3.63) is 54.6 Å². The zero-order chi connectivity index (χ0) is 22.8. The molecule has 0 saturated carbocycles. The van der Waals surface area contributed by atoms with Crippen molar-refractivity contribution >= 4 is 22.9 Å². The number of aliphatic hydroxyl groups excluding tert-OH is 1. The number of anilines is 2. The molecule has 4 heterocycles. The minimum absolute atomic E-state index is 0.242. The maximum absolute atomic E-state index is 9.49. The van der Waals surface area contributed by atoms with Gasteiger partial charge in [-0.3, -0.25) is 0 Å². The van der Waals surface area contributed by atoms with E-state index in [1.807, 2.05) is 35.4 Å². The molecule has 0 spiro atoms. The third kappa shape index (κ3) is 4.28. The summed E-state index contributed by atoms with van der Waals surface area (Å²) in [6.07, 6.45) is 7.46. The lowest BCUT2D eigenvalue weighted by Crippen LogP contribution is -2.36. The Morgan fingerprint density at radius 3 is 2.67 bits per heavy atom. The predicted molar refractivity (Wildman–Crippen MR) is 129 cm³/mol. The van der Waals surface area contributed by atoms with Crippen LogP contribution in [0.1, 0.15) is 38.3 Å². The number of rotatable bonds is 7. The minimum atomic E-state index is 0.242. The van der Waals surface area contributed by atoms with Crippen LogP contribution in [0.25, 0.3) is 16.9 Å². The predicted octanol–water partition coefficient (Wildman–Crippen LogP) is 3.41. The highest BCUT2D eigenvalue weighted by Crippen LogP contribution is 2.28. The zero-order valence-electron chi connectivity index (χ0n) is 19.1. The van der Waals surface area contributed by atoms with Crippen LogP contribution >= 0.6 is 0 Å². The largest absolute Gasteiger partial charge is 0.396 e. The number of fused-ring (bicyclic) bond motifs is 1. The molecule has 1 aliphatic heterocycles. The van der Waals surface area contributed by atoms with Crippen LogP contribution in [0.4, 0.5) is 11.8 Å². The van der Waals surface area contributed by atoms with Crippen molar-refractivity contribution in [2.24, 2.45) is 5.92 Å². The maximum Gasteiger partial charge on any atom is 0.229 e. The zero-order valence-corrected chi connectivity index (χ0v) is 19.1. The summed E-state index contributed by atoms with van der Waals surface area (Å²) < 4.78 is 3.96. The van der Waals surface area contributed by atoms with Crippen LogP contribution in [0.3, 0.4) is 0 Å². The topological polar surface area (TPSA) is 96.9 Å². The number of nitrogens with one attached hydrogen (secondary N) is 1. The molecule has 0 amide bonds. The van der Waals surface area contributed by atoms with Crippen LogP contribution in [0.2, 0.25) is 0 Å². The van der Waals surface area contributed by atoms with Crippen molar-refractivity contribution in [2.45, 2.75) is 39.3 Å². The van der Waals surface area contributed by atoms with Gasteiger partial charge in [0.1, 0.15) is 0 Å². The number of imidazole rings is 1. The molecule has 2 N–H and O–H groups in total. The van der Waals surface area contributed by atoms with Crippen LogP contribution < -0.4 is 10.2 Å². The van der Waals surface area contributed by atoms with Crippen LogP contribution in [0.5, 0.6) is 0 Å². The van der Waals surface area contributed by atoms with Gasteiger partial charge < -0.3 is 19.9 Å². The number of aromatic nitrogens is 6. The number of benzene rings is 1. The quantitative estimate of drug-likeness (QED) is 0.449. The molecule has 9 nitrogen and oxygen atoms in total. The van der Waals surface area contributed by atoms with Gasteiger partial charge >= 0.3 is 0 Å². The van der Waals surface area contributed by atoms with Crippen LogP contribution in [0.15, 0.2) is 49.1 Å². The lowest BCUT2D eigenvalue weighted by atomic mass is 9.98. The Bertz CT molecular complexity index is 1210. The summed E-state index contributed by atoms with van der Waals surface area (Å²) in [4.78, 5) is 16.7. The van der Waals surface area contributed by atoms with Crippen LogP contribution in [-0.4, -0.2) is 54.1 Å². The molecule has 4 aromatic rings. The van der Waals surface area contributed by atoms with Crippen LogP contribution in [0, 0.1) is 5.92 Å². The van der Waals surface area contributed by atoms with E-state index in [-0.39, 0.29) is 12.6 Å². The van der Waals surface area contributed by atoms with Gasteiger partial charge in [-0.15, -0.1) is 0 Å². The van der Waals surface area contributed by atoms with E-state index in [9.17, 15) is 5.11 Å². The smallest absolute Gasteiger partial charge is 0.229 e. The van der Waals surface area contributed by atoms with Gasteiger partial charge in [-0.05, 0) is 50.3 Å². The number of hydrogen-bond donors (Lipinski definition) is 2. The Kier molecular flexibility index (Phi) is 5.95. The standard InChI is InChI=1S/C24H30N8O/c1-17(2)31-16-26-21-22(25-14-19-6-3-4-7-20(19)32-11-5-10-27-32)28-24(29-23(21)31)30-12-8-18(15-33)9-13-30/h3-7,10-11,16-18,33H,8-9,12-15H2,1-2H3,(H,25,28,29). The molecule has 33 heavy (non-hydrogen) atoms. The highest BCUT2D eigenvalue weighted by Gasteiger charge is 2.23. The number of nitrogens with zero attached hydrogens (tertiary/aromatic N) is 7. The summed E-state index contributed by atoms with van der Waals surface area (Å²) in [7, 11) is 0. The third-order valence-electron chi connectivity index (χ3n) is 6.31. The van der Waals surface area contributed by atoms with Crippen molar-refractivity contribution in [3.8, 4) is 5.69 Å². The fourth-order valence-corrected chi connectivity index (χ4v) is 4.34.